The second-order valence-corrected chi connectivity index (χ2v) is 11.5. The van der Waals surface area contributed by atoms with Crippen LogP contribution in [0.15, 0.2) is 18.2 Å². The van der Waals surface area contributed by atoms with Gasteiger partial charge < -0.3 is 14.7 Å². The topological polar surface area (TPSA) is 73.3 Å². The zero-order chi connectivity index (χ0) is 31.8. The number of carbonyl (C=O) groups is 2. The van der Waals surface area contributed by atoms with Gasteiger partial charge in [-0.2, -0.15) is 39.5 Å². The van der Waals surface area contributed by atoms with Crippen LogP contribution in [0.25, 0.3) is 0 Å². The Hall–Kier alpha value is -2.75. The monoisotopic (exact) mass is 621 g/mol. The summed E-state index contributed by atoms with van der Waals surface area (Å²) in [5, 5.41) is 9.26. The van der Waals surface area contributed by atoms with E-state index in [9.17, 15) is 54.2 Å². The number of esters is 1. The van der Waals surface area contributed by atoms with Gasteiger partial charge in [0.1, 0.15) is 5.60 Å². The van der Waals surface area contributed by atoms with Gasteiger partial charge in [-0.05, 0) is 62.9 Å². The predicted octanol–water partition coefficient (Wildman–Crippen LogP) is 5.74. The number of amides is 1. The number of carboxylic acid groups (broad SMARTS) is 1. The van der Waals surface area contributed by atoms with Gasteiger partial charge in [0.2, 0.25) is 0 Å². The van der Waals surface area contributed by atoms with Crippen molar-refractivity contribution in [1.29, 1.82) is 0 Å². The van der Waals surface area contributed by atoms with Gasteiger partial charge in [0.15, 0.2) is 5.92 Å². The Labute approximate surface area is 236 Å². The van der Waals surface area contributed by atoms with Gasteiger partial charge in [0.25, 0.3) is 0 Å². The minimum absolute atomic E-state index is 0.0870. The normalized spacial score (nSPS) is 21.7. The van der Waals surface area contributed by atoms with Crippen molar-refractivity contribution in [3.63, 3.8) is 0 Å². The third kappa shape index (κ3) is 8.64. The van der Waals surface area contributed by atoms with Crippen LogP contribution >= 0.6 is 0 Å². The molecule has 238 valence electrons. The number of halogens is 9. The quantitative estimate of drug-likeness (QED) is 0.323. The molecule has 2 unspecified atom stereocenters. The molecule has 1 aromatic rings. The number of likely N-dealkylation sites (tertiary alicyclic amines) is 1. The standard InChI is InChI=1S/C26H32F9N3O4/c1-23(2,3)42-20(39)14-36-7-6-16(11-36)18-10-17(24(27,28)29)5-4-15(18)12-37-8-9-38(22(40)41)13-19(37)21(25(30,31)32)26(33,34)35/h4-5,10,16,19,21H,6-9,11-14H2,1-3H3,(H,40,41). The number of ether oxygens (including phenoxy) is 1. The second-order valence-electron chi connectivity index (χ2n) is 11.5. The molecule has 0 bridgehead atoms. The molecule has 1 amide bonds. The highest BCUT2D eigenvalue weighted by atomic mass is 19.4. The highest BCUT2D eigenvalue weighted by Crippen LogP contribution is 2.44. The van der Waals surface area contributed by atoms with Crippen LogP contribution in [-0.2, 0) is 22.3 Å². The summed E-state index contributed by atoms with van der Waals surface area (Å²) in [6, 6.07) is 0.215. The fraction of sp³-hybridized carbons (Fsp3) is 0.692. The molecule has 0 saturated carbocycles. The summed E-state index contributed by atoms with van der Waals surface area (Å²) in [6.07, 6.45) is -17.7. The minimum Gasteiger partial charge on any atom is -0.465 e. The second kappa shape index (κ2) is 12.1. The molecule has 7 nitrogen and oxygen atoms in total. The van der Waals surface area contributed by atoms with Crippen LogP contribution in [0.2, 0.25) is 0 Å². The molecule has 42 heavy (non-hydrogen) atoms. The van der Waals surface area contributed by atoms with Gasteiger partial charge >= 0.3 is 30.6 Å². The summed E-state index contributed by atoms with van der Waals surface area (Å²) < 4.78 is 128. The van der Waals surface area contributed by atoms with Crippen molar-refractivity contribution in [3.8, 4) is 0 Å². The Balaban J connectivity index is 1.95. The predicted molar refractivity (Wildman–Crippen MR) is 130 cm³/mol. The first kappa shape index (κ1) is 33.7. The first-order valence-electron chi connectivity index (χ1n) is 13.1. The third-order valence-corrected chi connectivity index (χ3v) is 7.23. The molecule has 2 aliphatic heterocycles. The SMILES string of the molecule is CC(C)(C)OC(=O)CN1CCC(c2cc(C(F)(F)F)ccc2CN2CCN(C(=O)O)CC2C(C(F)(F)F)C(F)(F)F)C1. The lowest BCUT2D eigenvalue weighted by Gasteiger charge is -2.45. The highest BCUT2D eigenvalue weighted by Gasteiger charge is 2.62. The first-order valence-corrected chi connectivity index (χ1v) is 13.1. The highest BCUT2D eigenvalue weighted by molar-refractivity contribution is 5.72. The summed E-state index contributed by atoms with van der Waals surface area (Å²) in [5.74, 6) is -5.05. The van der Waals surface area contributed by atoms with E-state index in [1.807, 2.05) is 0 Å². The third-order valence-electron chi connectivity index (χ3n) is 7.23. The number of rotatable bonds is 6. The van der Waals surface area contributed by atoms with E-state index in [1.165, 1.54) is 0 Å². The number of hydrogen-bond donors (Lipinski definition) is 1. The molecule has 2 aliphatic rings. The largest absolute Gasteiger partial charge is 0.465 e. The number of benzene rings is 1. The van der Waals surface area contributed by atoms with Crippen LogP contribution in [0.1, 0.15) is 49.8 Å². The van der Waals surface area contributed by atoms with Crippen molar-refractivity contribution in [1.82, 2.24) is 14.7 Å². The lowest BCUT2D eigenvalue weighted by molar-refractivity contribution is -0.302. The fourth-order valence-electron chi connectivity index (χ4n) is 5.46. The van der Waals surface area contributed by atoms with Gasteiger partial charge in [-0.25, -0.2) is 4.79 Å². The van der Waals surface area contributed by atoms with Gasteiger partial charge in [-0.15, -0.1) is 0 Å². The van der Waals surface area contributed by atoms with E-state index < -0.39 is 85.8 Å². The molecule has 0 radical (unpaired) electrons. The van der Waals surface area contributed by atoms with Crippen LogP contribution < -0.4 is 0 Å². The van der Waals surface area contributed by atoms with Crippen molar-refractivity contribution < 1.29 is 58.9 Å². The van der Waals surface area contributed by atoms with Crippen LogP contribution in [0, 0.1) is 5.92 Å². The first-order chi connectivity index (χ1) is 19.1. The van der Waals surface area contributed by atoms with Crippen LogP contribution in [0.3, 0.4) is 0 Å². The number of nitrogens with zero attached hydrogens (tertiary/aromatic N) is 3. The average Bonchev–Trinajstić information content (AvgIpc) is 3.24. The molecule has 0 aliphatic carbocycles. The van der Waals surface area contributed by atoms with Crippen molar-refractivity contribution in [2.75, 3.05) is 39.3 Å². The Kier molecular flexibility index (Phi) is 9.72. The summed E-state index contributed by atoms with van der Waals surface area (Å²) in [5.41, 5.74) is -1.63. The van der Waals surface area contributed by atoms with Crippen molar-refractivity contribution >= 4 is 12.1 Å². The van der Waals surface area contributed by atoms with Gasteiger partial charge in [-0.1, -0.05) is 6.07 Å². The molecular weight excluding hydrogens is 589 g/mol. The molecule has 2 heterocycles. The summed E-state index contributed by atoms with van der Waals surface area (Å²) in [4.78, 5) is 26.6. The number of carbonyl (C=O) groups excluding carboxylic acids is 1. The Morgan fingerprint density at radius 3 is 2.10 bits per heavy atom. The zero-order valence-corrected chi connectivity index (χ0v) is 23.0. The lowest BCUT2D eigenvalue weighted by Crippen LogP contribution is -2.62. The van der Waals surface area contributed by atoms with E-state index in [1.54, 1.807) is 25.7 Å². The van der Waals surface area contributed by atoms with E-state index in [0.717, 1.165) is 17.0 Å². The Bertz CT molecular complexity index is 1120. The van der Waals surface area contributed by atoms with Crippen molar-refractivity contribution in [2.45, 2.75) is 69.8 Å². The minimum atomic E-state index is -5.76. The Morgan fingerprint density at radius 2 is 1.57 bits per heavy atom. The zero-order valence-electron chi connectivity index (χ0n) is 23.0. The molecule has 2 atom stereocenters. The van der Waals surface area contributed by atoms with Crippen LogP contribution in [-0.4, -0.2) is 95.1 Å². The molecular formula is C26H32F9N3O4. The van der Waals surface area contributed by atoms with Gasteiger partial charge in [-0.3, -0.25) is 14.6 Å². The van der Waals surface area contributed by atoms with E-state index in [-0.39, 0.29) is 30.6 Å². The van der Waals surface area contributed by atoms with E-state index >= 15 is 0 Å². The lowest BCUT2D eigenvalue weighted by atomic mass is 9.89. The van der Waals surface area contributed by atoms with Gasteiger partial charge in [0, 0.05) is 38.8 Å². The number of piperazine rings is 1. The van der Waals surface area contributed by atoms with Crippen molar-refractivity contribution in [3.05, 3.63) is 34.9 Å². The van der Waals surface area contributed by atoms with E-state index in [4.69, 9.17) is 4.74 Å². The maximum atomic E-state index is 13.7. The summed E-state index contributed by atoms with van der Waals surface area (Å²) >= 11 is 0. The average molecular weight is 622 g/mol. The molecule has 16 heteroatoms. The summed E-state index contributed by atoms with van der Waals surface area (Å²) in [7, 11) is 0. The number of alkyl halides is 9. The molecule has 3 rings (SSSR count). The van der Waals surface area contributed by atoms with E-state index in [0.29, 0.717) is 17.5 Å². The molecule has 1 N–H and O–H groups in total. The van der Waals surface area contributed by atoms with Crippen molar-refractivity contribution in [2.24, 2.45) is 5.92 Å². The molecule has 2 fully saturated rings. The van der Waals surface area contributed by atoms with Crippen LogP contribution in [0.4, 0.5) is 44.3 Å². The smallest absolute Gasteiger partial charge is 0.416 e. The maximum Gasteiger partial charge on any atom is 0.416 e. The fourth-order valence-corrected chi connectivity index (χ4v) is 5.46. The maximum absolute atomic E-state index is 13.7. The summed E-state index contributed by atoms with van der Waals surface area (Å²) in [6.45, 7) is 2.68. The van der Waals surface area contributed by atoms with Crippen LogP contribution in [0.5, 0.6) is 0 Å². The molecule has 1 aromatic carbocycles. The molecule has 2 saturated heterocycles. The molecule has 0 spiro atoms. The number of hydrogen-bond acceptors (Lipinski definition) is 5. The molecule has 0 aromatic heterocycles. The van der Waals surface area contributed by atoms with Gasteiger partial charge in [0.05, 0.1) is 12.1 Å². The Morgan fingerprint density at radius 1 is 0.952 bits per heavy atom. The van der Waals surface area contributed by atoms with E-state index in [2.05, 4.69) is 0 Å².